The monoisotopic (exact) mass is 662 g/mol. The molecule has 2 saturated heterocycles. The molecule has 268 valence electrons. The summed E-state index contributed by atoms with van der Waals surface area (Å²) in [6.45, 7) is 20.0. The molecule has 0 aromatic carbocycles. The van der Waals surface area contributed by atoms with Gasteiger partial charge in [-0.15, -0.1) is 0 Å². The smallest absolute Gasteiger partial charge is 0.407 e. The Balaban J connectivity index is 1.08. The Labute approximate surface area is 282 Å². The number of likely N-dealkylation sites (tertiary alicyclic amines) is 1. The predicted molar refractivity (Wildman–Crippen MR) is 177 cm³/mol. The number of fused-ring (bicyclic) bond motifs is 4. The number of alkyl carbamates (subject to hydrolysis) is 1. The van der Waals surface area contributed by atoms with Gasteiger partial charge in [0.1, 0.15) is 18.4 Å². The number of carbonyl (C=O) groups is 1. The fraction of sp³-hybridized carbons (Fsp3) is 0.974. The highest BCUT2D eigenvalue weighted by molar-refractivity contribution is 5.67. The molecule has 7 rings (SSSR count). The van der Waals surface area contributed by atoms with Crippen LogP contribution in [0, 0.1) is 50.7 Å². The van der Waals surface area contributed by atoms with E-state index in [0.29, 0.717) is 50.5 Å². The summed E-state index contributed by atoms with van der Waals surface area (Å²) < 4.78 is 32.3. The lowest BCUT2D eigenvalue weighted by Crippen LogP contribution is -2.60. The van der Waals surface area contributed by atoms with Crippen LogP contribution >= 0.6 is 0 Å². The molecular formula is C38H63FN2O6. The van der Waals surface area contributed by atoms with Crippen LogP contribution in [-0.4, -0.2) is 96.3 Å². The van der Waals surface area contributed by atoms with Crippen molar-refractivity contribution >= 4 is 6.09 Å². The number of hydrogen-bond acceptors (Lipinski definition) is 7. The van der Waals surface area contributed by atoms with E-state index in [1.54, 1.807) is 13.8 Å². The van der Waals surface area contributed by atoms with Gasteiger partial charge in [0, 0.05) is 43.6 Å². The molecule has 47 heavy (non-hydrogen) atoms. The average Bonchev–Trinajstić information content (AvgIpc) is 3.60. The third-order valence-corrected chi connectivity index (χ3v) is 16.0. The standard InChI is InChI=1S/C38H63FN2O6/c1-9-45-31(34(5,6)44)24-18-22(2)28-29(46-24)30(42)36(8)26-11-10-25-33(3,4)27(47-32(43)40-16-17-41-19-23(39)20-41)12-13-37(25)21-38(26,37)15-14-35(28,36)7/h22-31,42,44H,9-21H2,1-8H3,(H,40,43)/t22-,24-,25+,26+,27+,28+,29+,30+,31+,35-,36-,37-,38+/m1/s1. The van der Waals surface area contributed by atoms with Crippen LogP contribution < -0.4 is 5.32 Å². The summed E-state index contributed by atoms with van der Waals surface area (Å²) in [6, 6.07) is 0. The molecule has 3 N–H and O–H groups in total. The van der Waals surface area contributed by atoms with Crippen molar-refractivity contribution in [3.63, 3.8) is 0 Å². The first-order chi connectivity index (χ1) is 22.0. The Bertz CT molecular complexity index is 1220. The quantitative estimate of drug-likeness (QED) is 0.306. The van der Waals surface area contributed by atoms with Crippen LogP contribution in [0.4, 0.5) is 9.18 Å². The summed E-state index contributed by atoms with van der Waals surface area (Å²) in [5.41, 5.74) is -1.00. The van der Waals surface area contributed by atoms with Gasteiger partial charge >= 0.3 is 6.09 Å². The van der Waals surface area contributed by atoms with Gasteiger partial charge in [-0.3, -0.25) is 4.90 Å². The van der Waals surface area contributed by atoms with Gasteiger partial charge in [-0.1, -0.05) is 34.6 Å². The maximum Gasteiger partial charge on any atom is 0.407 e. The van der Waals surface area contributed by atoms with E-state index in [1.807, 2.05) is 11.8 Å². The van der Waals surface area contributed by atoms with Crippen LogP contribution in [0.15, 0.2) is 0 Å². The minimum absolute atomic E-state index is 0.0288. The molecule has 2 aliphatic heterocycles. The molecule has 0 unspecified atom stereocenters. The molecule has 9 heteroatoms. The number of nitrogens with zero attached hydrogens (tertiary/aromatic N) is 1. The zero-order chi connectivity index (χ0) is 33.9. The minimum atomic E-state index is -1.04. The van der Waals surface area contributed by atoms with Crippen LogP contribution in [0.25, 0.3) is 0 Å². The van der Waals surface area contributed by atoms with Gasteiger partial charge in [-0.05, 0) is 112 Å². The molecule has 0 aromatic heterocycles. The summed E-state index contributed by atoms with van der Waals surface area (Å²) in [7, 11) is 0. The predicted octanol–water partition coefficient (Wildman–Crippen LogP) is 5.72. The Morgan fingerprint density at radius 3 is 2.43 bits per heavy atom. The summed E-state index contributed by atoms with van der Waals surface area (Å²) in [5, 5.41) is 26.5. The van der Waals surface area contributed by atoms with Gasteiger partial charge in [-0.2, -0.15) is 0 Å². The molecule has 0 aromatic rings. The van der Waals surface area contributed by atoms with Crippen molar-refractivity contribution in [1.29, 1.82) is 0 Å². The van der Waals surface area contributed by atoms with Crippen molar-refractivity contribution < 1.29 is 33.6 Å². The number of amides is 1. The van der Waals surface area contributed by atoms with Gasteiger partial charge in [-0.25, -0.2) is 9.18 Å². The van der Waals surface area contributed by atoms with Gasteiger partial charge < -0.3 is 29.7 Å². The molecule has 5 aliphatic carbocycles. The third-order valence-electron chi connectivity index (χ3n) is 16.0. The summed E-state index contributed by atoms with van der Waals surface area (Å²) in [5.74, 6) is 1.53. The third kappa shape index (κ3) is 4.78. The lowest BCUT2D eigenvalue weighted by atomic mass is 9.41. The molecule has 5 saturated carbocycles. The number of nitrogens with one attached hydrogen (secondary N) is 1. The van der Waals surface area contributed by atoms with Gasteiger partial charge in [0.15, 0.2) is 0 Å². The fourth-order valence-electron chi connectivity index (χ4n) is 13.8. The molecule has 0 bridgehead atoms. The normalized spacial score (nSPS) is 49.3. The summed E-state index contributed by atoms with van der Waals surface area (Å²) in [4.78, 5) is 14.9. The number of aliphatic hydroxyl groups is 2. The number of ether oxygens (including phenoxy) is 3. The van der Waals surface area contributed by atoms with Crippen molar-refractivity contribution in [2.24, 2.45) is 50.7 Å². The SMILES string of the molecule is CCO[C@@H]([C@H]1C[C@@H](C)[C@H]2[C@H](O1)[C@H](O)[C@@]1(C)[C@@H]3CC[C@H]4C(C)(C)[C@@H](OC(=O)NCCN5CC(F)C5)CC[C@@]45C[C@@]35CC[C@]21C)C(C)(C)O. The highest BCUT2D eigenvalue weighted by atomic mass is 19.1. The second kappa shape index (κ2) is 11.2. The number of aliphatic hydroxyl groups excluding tert-OH is 1. The van der Waals surface area contributed by atoms with Gasteiger partial charge in [0.2, 0.25) is 0 Å². The van der Waals surface area contributed by atoms with Crippen molar-refractivity contribution in [1.82, 2.24) is 10.2 Å². The van der Waals surface area contributed by atoms with Crippen LogP contribution in [0.1, 0.15) is 107 Å². The number of alkyl halides is 1. The average molecular weight is 663 g/mol. The van der Waals surface area contributed by atoms with Gasteiger partial charge in [0.05, 0.1) is 23.9 Å². The van der Waals surface area contributed by atoms with Crippen molar-refractivity contribution in [2.45, 2.75) is 149 Å². The zero-order valence-electron chi connectivity index (χ0n) is 30.3. The first-order valence-electron chi connectivity index (χ1n) is 18.9. The topological polar surface area (TPSA) is 100 Å². The van der Waals surface area contributed by atoms with Crippen LogP contribution in [-0.2, 0) is 14.2 Å². The second-order valence-corrected chi connectivity index (χ2v) is 18.8. The van der Waals surface area contributed by atoms with E-state index in [4.69, 9.17) is 14.2 Å². The maximum atomic E-state index is 13.1. The molecule has 2 heterocycles. The van der Waals surface area contributed by atoms with Crippen LogP contribution in [0.2, 0.25) is 0 Å². The molecule has 1 amide bonds. The van der Waals surface area contributed by atoms with E-state index < -0.39 is 24.0 Å². The van der Waals surface area contributed by atoms with Gasteiger partial charge in [0.25, 0.3) is 0 Å². The van der Waals surface area contributed by atoms with E-state index in [9.17, 15) is 19.4 Å². The number of hydrogen-bond donors (Lipinski definition) is 3. The maximum absolute atomic E-state index is 13.1. The summed E-state index contributed by atoms with van der Waals surface area (Å²) >= 11 is 0. The molecule has 7 aliphatic rings. The first-order valence-corrected chi connectivity index (χ1v) is 18.9. The molecule has 2 spiro atoms. The zero-order valence-corrected chi connectivity index (χ0v) is 30.3. The van der Waals surface area contributed by atoms with Crippen LogP contribution in [0.3, 0.4) is 0 Å². The highest BCUT2D eigenvalue weighted by Crippen LogP contribution is 2.89. The second-order valence-electron chi connectivity index (χ2n) is 18.8. The molecular weight excluding hydrogens is 599 g/mol. The number of halogens is 1. The lowest BCUT2D eigenvalue weighted by Gasteiger charge is -2.63. The Morgan fingerprint density at radius 2 is 1.77 bits per heavy atom. The van der Waals surface area contributed by atoms with E-state index in [-0.39, 0.29) is 57.4 Å². The van der Waals surface area contributed by atoms with Crippen molar-refractivity contribution in [2.75, 3.05) is 32.8 Å². The van der Waals surface area contributed by atoms with E-state index in [2.05, 4.69) is 39.9 Å². The molecule has 0 radical (unpaired) electrons. The Kier molecular flexibility index (Phi) is 8.25. The van der Waals surface area contributed by atoms with Crippen LogP contribution in [0.5, 0.6) is 0 Å². The van der Waals surface area contributed by atoms with E-state index in [0.717, 1.165) is 38.5 Å². The van der Waals surface area contributed by atoms with Crippen molar-refractivity contribution in [3.05, 3.63) is 0 Å². The minimum Gasteiger partial charge on any atom is -0.446 e. The molecule has 7 fully saturated rings. The molecule has 13 atom stereocenters. The Hall–Kier alpha value is -1.00. The Morgan fingerprint density at radius 1 is 1.09 bits per heavy atom. The highest BCUT2D eigenvalue weighted by Gasteiger charge is 2.84. The van der Waals surface area contributed by atoms with Crippen molar-refractivity contribution in [3.8, 4) is 0 Å². The molecule has 8 nitrogen and oxygen atoms in total. The number of rotatable bonds is 8. The fourth-order valence-corrected chi connectivity index (χ4v) is 13.8. The van der Waals surface area contributed by atoms with E-state index in [1.165, 1.54) is 12.8 Å². The van der Waals surface area contributed by atoms with E-state index >= 15 is 0 Å². The largest absolute Gasteiger partial charge is 0.446 e. The lowest BCUT2D eigenvalue weighted by molar-refractivity contribution is -0.215. The first kappa shape index (κ1) is 34.4. The summed E-state index contributed by atoms with van der Waals surface area (Å²) in [6.07, 6.45) is 5.77. The number of carbonyl (C=O) groups excluding carboxylic acids is 1.